The number of hydrogen-bond acceptors (Lipinski definition) is 3. The summed E-state index contributed by atoms with van der Waals surface area (Å²) in [6.45, 7) is 2.02. The maximum absolute atomic E-state index is 12.1. The van der Waals surface area contributed by atoms with Crippen LogP contribution in [0.1, 0.15) is 18.6 Å². The van der Waals surface area contributed by atoms with E-state index in [-0.39, 0.29) is 6.61 Å². The lowest BCUT2D eigenvalue weighted by atomic mass is 10.1. The van der Waals surface area contributed by atoms with E-state index in [1.807, 2.05) is 18.2 Å². The van der Waals surface area contributed by atoms with Gasteiger partial charge < -0.3 is 9.47 Å². The number of rotatable bonds is 5. The van der Waals surface area contributed by atoms with Crippen molar-refractivity contribution in [1.29, 1.82) is 0 Å². The first-order valence-corrected chi connectivity index (χ1v) is 7.20. The molecule has 0 fully saturated rings. The molecule has 110 valence electrons. The second kappa shape index (κ2) is 7.34. The van der Waals surface area contributed by atoms with Crippen molar-refractivity contribution < 1.29 is 14.3 Å². The van der Waals surface area contributed by atoms with Crippen LogP contribution in [0.25, 0.3) is 0 Å². The lowest BCUT2D eigenvalue weighted by molar-refractivity contribution is -0.151. The van der Waals surface area contributed by atoms with Crippen molar-refractivity contribution in [3.63, 3.8) is 0 Å². The topological polar surface area (TPSA) is 35.5 Å². The van der Waals surface area contributed by atoms with E-state index in [2.05, 4.69) is 0 Å². The van der Waals surface area contributed by atoms with Crippen molar-refractivity contribution in [3.05, 3.63) is 64.1 Å². The summed E-state index contributed by atoms with van der Waals surface area (Å²) in [7, 11) is 0. The van der Waals surface area contributed by atoms with Gasteiger partial charge in [-0.2, -0.15) is 0 Å². The summed E-state index contributed by atoms with van der Waals surface area (Å²) in [4.78, 5) is 12.1. The lowest BCUT2D eigenvalue weighted by Crippen LogP contribution is -2.21. The summed E-state index contributed by atoms with van der Waals surface area (Å²) in [6, 6.07) is 13.9. The first-order valence-electron chi connectivity index (χ1n) is 6.45. The molecule has 0 aliphatic rings. The SMILES string of the molecule is CCOC(=O)C(Oc1ccc(Cl)cc1Cl)c1ccccc1. The quantitative estimate of drug-likeness (QED) is 0.749. The zero-order chi connectivity index (χ0) is 15.2. The number of halogens is 2. The molecule has 0 saturated carbocycles. The minimum atomic E-state index is -0.871. The molecular formula is C16H14Cl2O3. The van der Waals surface area contributed by atoms with Crippen LogP contribution in [0, 0.1) is 0 Å². The Morgan fingerprint density at radius 2 is 1.86 bits per heavy atom. The van der Waals surface area contributed by atoms with Gasteiger partial charge in [-0.1, -0.05) is 53.5 Å². The molecule has 2 aromatic rings. The average molecular weight is 325 g/mol. The van der Waals surface area contributed by atoms with Gasteiger partial charge in [-0.3, -0.25) is 0 Å². The van der Waals surface area contributed by atoms with E-state index in [0.29, 0.717) is 21.4 Å². The minimum Gasteiger partial charge on any atom is -0.472 e. The zero-order valence-corrected chi connectivity index (χ0v) is 12.9. The summed E-state index contributed by atoms with van der Waals surface area (Å²) in [6.07, 6.45) is -0.871. The molecular weight excluding hydrogens is 311 g/mol. The molecule has 1 atom stereocenters. The molecule has 0 N–H and O–H groups in total. The standard InChI is InChI=1S/C16H14Cl2O3/c1-2-20-16(19)15(11-6-4-3-5-7-11)21-14-9-8-12(17)10-13(14)18/h3-10,15H,2H2,1H3. The van der Waals surface area contributed by atoms with Crippen molar-refractivity contribution in [1.82, 2.24) is 0 Å². The molecule has 0 aromatic heterocycles. The second-order valence-electron chi connectivity index (χ2n) is 4.24. The van der Waals surface area contributed by atoms with Crippen LogP contribution in [0.3, 0.4) is 0 Å². The fourth-order valence-corrected chi connectivity index (χ4v) is 2.25. The Morgan fingerprint density at radius 1 is 1.14 bits per heavy atom. The smallest absolute Gasteiger partial charge is 0.352 e. The van der Waals surface area contributed by atoms with E-state index < -0.39 is 12.1 Å². The van der Waals surface area contributed by atoms with E-state index >= 15 is 0 Å². The molecule has 0 spiro atoms. The van der Waals surface area contributed by atoms with E-state index in [4.69, 9.17) is 32.7 Å². The third-order valence-electron chi connectivity index (χ3n) is 2.74. The summed E-state index contributed by atoms with van der Waals surface area (Å²) in [5.74, 6) is -0.0855. The molecule has 0 bridgehead atoms. The predicted octanol–water partition coefficient (Wildman–Crippen LogP) is 4.68. The molecule has 2 rings (SSSR count). The summed E-state index contributed by atoms with van der Waals surface area (Å²) in [5.41, 5.74) is 0.696. The summed E-state index contributed by atoms with van der Waals surface area (Å²) < 4.78 is 10.8. The molecule has 3 nitrogen and oxygen atoms in total. The Kier molecular flexibility index (Phi) is 5.48. The first kappa shape index (κ1) is 15.7. The van der Waals surface area contributed by atoms with Crippen LogP contribution in [-0.4, -0.2) is 12.6 Å². The van der Waals surface area contributed by atoms with E-state index in [0.717, 1.165) is 0 Å². The summed E-state index contributed by atoms with van der Waals surface area (Å²) in [5, 5.41) is 0.840. The fraction of sp³-hybridized carbons (Fsp3) is 0.188. The van der Waals surface area contributed by atoms with Crippen LogP contribution in [0.2, 0.25) is 10.0 Å². The normalized spacial score (nSPS) is 11.8. The van der Waals surface area contributed by atoms with Crippen LogP contribution in [0.5, 0.6) is 5.75 Å². The average Bonchev–Trinajstić information content (AvgIpc) is 2.47. The zero-order valence-electron chi connectivity index (χ0n) is 11.4. The van der Waals surface area contributed by atoms with Crippen molar-refractivity contribution in [2.45, 2.75) is 13.0 Å². The maximum Gasteiger partial charge on any atom is 0.352 e. The van der Waals surface area contributed by atoms with E-state index in [9.17, 15) is 4.79 Å². The molecule has 0 aliphatic carbocycles. The van der Waals surface area contributed by atoms with Gasteiger partial charge in [0, 0.05) is 10.6 Å². The van der Waals surface area contributed by atoms with E-state index in [1.54, 1.807) is 37.3 Å². The van der Waals surface area contributed by atoms with Gasteiger partial charge >= 0.3 is 5.97 Å². The number of carbonyl (C=O) groups is 1. The lowest BCUT2D eigenvalue weighted by Gasteiger charge is -2.18. The molecule has 0 saturated heterocycles. The number of ether oxygens (including phenoxy) is 2. The monoisotopic (exact) mass is 324 g/mol. The van der Waals surface area contributed by atoms with Crippen molar-refractivity contribution in [2.24, 2.45) is 0 Å². The number of hydrogen-bond donors (Lipinski definition) is 0. The van der Waals surface area contributed by atoms with Gasteiger partial charge in [0.25, 0.3) is 0 Å². The highest BCUT2D eigenvalue weighted by molar-refractivity contribution is 6.35. The predicted molar refractivity (Wildman–Crippen MR) is 82.9 cm³/mol. The van der Waals surface area contributed by atoms with Crippen LogP contribution in [-0.2, 0) is 9.53 Å². The highest BCUT2D eigenvalue weighted by atomic mass is 35.5. The van der Waals surface area contributed by atoms with Crippen molar-refractivity contribution >= 4 is 29.2 Å². The molecule has 0 aliphatic heterocycles. The van der Waals surface area contributed by atoms with Gasteiger partial charge in [0.15, 0.2) is 0 Å². The number of esters is 1. The molecule has 0 heterocycles. The number of benzene rings is 2. The largest absolute Gasteiger partial charge is 0.472 e. The Hall–Kier alpha value is -1.71. The fourth-order valence-electron chi connectivity index (χ4n) is 1.80. The van der Waals surface area contributed by atoms with Crippen LogP contribution < -0.4 is 4.74 Å². The Labute approximate surface area is 133 Å². The highest BCUT2D eigenvalue weighted by Crippen LogP contribution is 2.31. The van der Waals surface area contributed by atoms with E-state index in [1.165, 1.54) is 0 Å². The molecule has 21 heavy (non-hydrogen) atoms. The molecule has 0 radical (unpaired) electrons. The Balaban J connectivity index is 2.30. The maximum atomic E-state index is 12.1. The Morgan fingerprint density at radius 3 is 2.48 bits per heavy atom. The Bertz CT molecular complexity index is 614. The second-order valence-corrected chi connectivity index (χ2v) is 5.08. The van der Waals surface area contributed by atoms with Crippen LogP contribution in [0.15, 0.2) is 48.5 Å². The molecule has 2 aromatic carbocycles. The molecule has 5 heteroatoms. The van der Waals surface area contributed by atoms with Crippen LogP contribution >= 0.6 is 23.2 Å². The van der Waals surface area contributed by atoms with Gasteiger partial charge in [0.2, 0.25) is 6.10 Å². The molecule has 1 unspecified atom stereocenters. The van der Waals surface area contributed by atoms with Gasteiger partial charge in [0.1, 0.15) is 5.75 Å². The third kappa shape index (κ3) is 4.13. The summed E-state index contributed by atoms with van der Waals surface area (Å²) >= 11 is 11.9. The van der Waals surface area contributed by atoms with Crippen molar-refractivity contribution in [3.8, 4) is 5.75 Å². The van der Waals surface area contributed by atoms with Crippen molar-refractivity contribution in [2.75, 3.05) is 6.61 Å². The third-order valence-corrected chi connectivity index (χ3v) is 3.27. The van der Waals surface area contributed by atoms with Gasteiger partial charge in [-0.25, -0.2) is 4.79 Å². The van der Waals surface area contributed by atoms with Gasteiger partial charge in [-0.15, -0.1) is 0 Å². The van der Waals surface area contributed by atoms with Gasteiger partial charge in [-0.05, 0) is 25.1 Å². The highest BCUT2D eigenvalue weighted by Gasteiger charge is 2.24. The number of carbonyl (C=O) groups excluding carboxylic acids is 1. The first-order chi connectivity index (χ1) is 10.1. The van der Waals surface area contributed by atoms with Crippen LogP contribution in [0.4, 0.5) is 0 Å². The van der Waals surface area contributed by atoms with Gasteiger partial charge in [0.05, 0.1) is 11.6 Å². The minimum absolute atomic E-state index is 0.278. The molecule has 0 amide bonds.